The Balaban J connectivity index is 0.00000256. The Morgan fingerprint density at radius 3 is 1.81 bits per heavy atom. The van der Waals surface area contributed by atoms with Crippen LogP contribution in [0, 0.1) is 50.2 Å². The molecule has 2 saturated heterocycles. The van der Waals surface area contributed by atoms with E-state index >= 15 is 0 Å². The van der Waals surface area contributed by atoms with Crippen LogP contribution in [0.4, 0.5) is 0 Å². The fraction of sp³-hybridized carbons (Fsp3) is 0.857. The zero-order chi connectivity index (χ0) is 42.9. The third-order valence-electron chi connectivity index (χ3n) is 17.2. The Hall–Kier alpha value is 0.420. The molecule has 0 radical (unpaired) electrons. The van der Waals surface area contributed by atoms with E-state index in [0.717, 1.165) is 24.8 Å². The summed E-state index contributed by atoms with van der Waals surface area (Å²) in [5.74, 6) is -5.37. The van der Waals surface area contributed by atoms with Gasteiger partial charge >= 0.3 is 88.7 Å². The molecule has 4 saturated carbocycles. The molecular formula is C42H61Na3O17. The molecule has 0 aromatic carbocycles. The normalized spacial score (nSPS) is 49.2. The van der Waals surface area contributed by atoms with Gasteiger partial charge in [0.1, 0.15) is 48.8 Å². The van der Waals surface area contributed by atoms with E-state index in [2.05, 4.69) is 27.7 Å². The number of carbonyl (C=O) groups excluding carboxylic acids is 4. The molecule has 62 heavy (non-hydrogen) atoms. The Bertz CT molecular complexity index is 1750. The summed E-state index contributed by atoms with van der Waals surface area (Å²) >= 11 is 0. The minimum atomic E-state index is -2.16. The van der Waals surface area contributed by atoms with Crippen LogP contribution in [-0.4, -0.2) is 122 Å². The fourth-order valence-corrected chi connectivity index (χ4v) is 13.3. The second kappa shape index (κ2) is 19.4. The number of carboxylic acid groups (broad SMARTS) is 3. The minimum absolute atomic E-state index is 0. The van der Waals surface area contributed by atoms with Crippen molar-refractivity contribution in [3.8, 4) is 0 Å². The summed E-state index contributed by atoms with van der Waals surface area (Å²) in [6.07, 6.45) is -13.4. The van der Waals surface area contributed by atoms with Crippen LogP contribution >= 0.6 is 0 Å². The molecule has 20 heteroatoms. The number of aliphatic hydroxyl groups excluding tert-OH is 5. The largest absolute Gasteiger partial charge is 1.00 e. The molecule has 2 heterocycles. The Morgan fingerprint density at radius 2 is 1.24 bits per heavy atom. The first kappa shape index (κ1) is 56.7. The van der Waals surface area contributed by atoms with Crippen molar-refractivity contribution < 1.29 is 173 Å². The SMILES string of the molecule is CC1(C)[C@@H](O[C@H]2O[C@H](C(=O)[O-])[C@@H](O)[C@H](O)[C@H]2O[C@@H]2O[C@H](C(=O)[O-])[C@@H](O)[C@H](O)[C@H]2O)CC[C@]2(C)[C@H]3C(=O)C=C4[C@@H]5C[C@@](C)(C(=O)[O-])CC[C@]5(C)CC[C@@]4(C)[C@]3(C)CC[C@@H]12.O.[Na+].[Na+].[Na+]. The number of ether oxygens (including phenoxy) is 4. The summed E-state index contributed by atoms with van der Waals surface area (Å²) < 4.78 is 23.1. The van der Waals surface area contributed by atoms with Crippen LogP contribution in [-0.2, 0) is 38.1 Å². The van der Waals surface area contributed by atoms with Crippen LogP contribution in [0.25, 0.3) is 0 Å². The van der Waals surface area contributed by atoms with Gasteiger partial charge in [0, 0.05) is 17.3 Å². The quantitative estimate of drug-likeness (QED) is 0.117. The van der Waals surface area contributed by atoms with Gasteiger partial charge in [-0.2, -0.15) is 0 Å². The number of fused-ring (bicyclic) bond motifs is 7. The first-order chi connectivity index (χ1) is 26.8. The van der Waals surface area contributed by atoms with Crippen molar-refractivity contribution in [2.24, 2.45) is 50.2 Å². The van der Waals surface area contributed by atoms with Crippen LogP contribution in [0.15, 0.2) is 11.6 Å². The number of carboxylic acids is 3. The van der Waals surface area contributed by atoms with Gasteiger partial charge in [0.25, 0.3) is 0 Å². The topological polar surface area (TPSA) is 307 Å². The van der Waals surface area contributed by atoms with E-state index in [1.165, 1.54) is 0 Å². The smallest absolute Gasteiger partial charge is 0.550 e. The molecule has 0 bridgehead atoms. The molecule has 0 unspecified atom stereocenters. The van der Waals surface area contributed by atoms with E-state index in [-0.39, 0.29) is 129 Å². The molecule has 17 nitrogen and oxygen atoms in total. The number of ketones is 1. The molecule has 0 amide bonds. The van der Waals surface area contributed by atoms with Crippen molar-refractivity contribution in [2.75, 3.05) is 0 Å². The Kier molecular flexibility index (Phi) is 17.8. The number of aliphatic hydroxyl groups is 5. The molecule has 0 aromatic rings. The van der Waals surface area contributed by atoms with E-state index in [1.54, 1.807) is 6.92 Å². The molecule has 2 aliphatic heterocycles. The molecule has 7 N–H and O–H groups in total. The third-order valence-corrected chi connectivity index (χ3v) is 17.2. The van der Waals surface area contributed by atoms with Crippen LogP contribution < -0.4 is 104 Å². The molecule has 7 rings (SSSR count). The van der Waals surface area contributed by atoms with Crippen molar-refractivity contribution in [2.45, 2.75) is 174 Å². The van der Waals surface area contributed by atoms with Gasteiger partial charge in [0.2, 0.25) is 0 Å². The predicted molar refractivity (Wildman–Crippen MR) is 195 cm³/mol. The van der Waals surface area contributed by atoms with E-state index in [0.29, 0.717) is 38.5 Å². The first-order valence-corrected chi connectivity index (χ1v) is 20.7. The number of hydrogen-bond donors (Lipinski definition) is 5. The summed E-state index contributed by atoms with van der Waals surface area (Å²) in [7, 11) is 0. The maximum absolute atomic E-state index is 14.8. The first-order valence-electron chi connectivity index (χ1n) is 20.7. The van der Waals surface area contributed by atoms with Gasteiger partial charge < -0.3 is 79.7 Å². The molecule has 5 aliphatic carbocycles. The second-order valence-electron chi connectivity index (χ2n) is 20.6. The monoisotopic (exact) mass is 906 g/mol. The molecule has 0 spiro atoms. The molecule has 6 fully saturated rings. The zero-order valence-electron chi connectivity index (χ0n) is 37.8. The summed E-state index contributed by atoms with van der Waals surface area (Å²) in [6, 6.07) is 0. The maximum Gasteiger partial charge on any atom is 1.00 e. The third kappa shape index (κ3) is 8.72. The standard InChI is InChI=1S/C42H62O16.3Na.H2O/c1-37(2)21-8-11-42(7)31(20(43)16-18-19-17-39(4,36(53)54)13-12-38(19,3)14-15-41(18,42)6)40(21,5)10-9-22(37)55-35-30(26(47)25(46)29(57-35)33(51)52)58-34-27(48)23(44)24(45)28(56-34)32(49)50;;;;/h16,19,21-31,34-35,44-48H,8-15,17H2,1-7H3,(H,49,50)(H,51,52)(H,53,54);;;;1H2/q;3*+1;/p-3/t19-,21-,22-,23-,24-,25-,26-,27+,28-,29-,30+,31+,34-,35-,38+,39-,40-,41+,42+;;;;/m0..../s1. The van der Waals surface area contributed by atoms with Crippen molar-refractivity contribution in [1.29, 1.82) is 0 Å². The molecule has 7 aliphatic rings. The van der Waals surface area contributed by atoms with Gasteiger partial charge in [-0.3, -0.25) is 4.79 Å². The summed E-state index contributed by atoms with van der Waals surface area (Å²) in [5.41, 5.74) is -2.11. The molecule has 0 aromatic heterocycles. The predicted octanol–water partition coefficient (Wildman–Crippen LogP) is -11.6. The Labute approximate surface area is 428 Å². The number of aliphatic carboxylic acids is 3. The van der Waals surface area contributed by atoms with Crippen molar-refractivity contribution >= 4 is 23.7 Å². The molecule has 19 atom stereocenters. The van der Waals surface area contributed by atoms with Crippen molar-refractivity contribution in [3.05, 3.63) is 11.6 Å². The average Bonchev–Trinajstić information content (AvgIpc) is 3.13. The van der Waals surface area contributed by atoms with Crippen molar-refractivity contribution in [1.82, 2.24) is 0 Å². The number of carbonyl (C=O) groups is 4. The number of allylic oxidation sites excluding steroid dienone is 2. The van der Waals surface area contributed by atoms with E-state index < -0.39 is 107 Å². The van der Waals surface area contributed by atoms with E-state index in [9.17, 15) is 60.0 Å². The maximum atomic E-state index is 14.8. The summed E-state index contributed by atoms with van der Waals surface area (Å²) in [6.45, 7) is 14.6. The Morgan fingerprint density at radius 1 is 0.694 bits per heavy atom. The van der Waals surface area contributed by atoms with Gasteiger partial charge in [-0.1, -0.05) is 54.0 Å². The second-order valence-corrected chi connectivity index (χ2v) is 20.6. The van der Waals surface area contributed by atoms with Crippen LogP contribution in [0.1, 0.15) is 106 Å². The number of hydrogen-bond acceptors (Lipinski definition) is 16. The van der Waals surface area contributed by atoms with Gasteiger partial charge in [-0.25, -0.2) is 0 Å². The fourth-order valence-electron chi connectivity index (χ4n) is 13.3. The van der Waals surface area contributed by atoms with Gasteiger partial charge in [0.05, 0.1) is 18.0 Å². The van der Waals surface area contributed by atoms with Gasteiger partial charge in [-0.15, -0.1) is 0 Å². The summed E-state index contributed by atoms with van der Waals surface area (Å²) in [5, 5.41) is 89.2. The van der Waals surface area contributed by atoms with Crippen LogP contribution in [0.2, 0.25) is 0 Å². The minimum Gasteiger partial charge on any atom is -0.550 e. The van der Waals surface area contributed by atoms with Gasteiger partial charge in [0.15, 0.2) is 18.4 Å². The molecular weight excluding hydrogens is 845 g/mol. The zero-order valence-corrected chi connectivity index (χ0v) is 43.8. The number of rotatable bonds is 7. The summed E-state index contributed by atoms with van der Waals surface area (Å²) in [4.78, 5) is 50.9. The van der Waals surface area contributed by atoms with E-state index in [1.807, 2.05) is 19.9 Å². The van der Waals surface area contributed by atoms with Crippen molar-refractivity contribution in [3.63, 3.8) is 0 Å². The van der Waals surface area contributed by atoms with E-state index in [4.69, 9.17) is 18.9 Å². The van der Waals surface area contributed by atoms with Crippen LogP contribution in [0.3, 0.4) is 0 Å². The van der Waals surface area contributed by atoms with Gasteiger partial charge in [-0.05, 0) is 103 Å². The average molecular weight is 907 g/mol. The molecule has 334 valence electrons. The van der Waals surface area contributed by atoms with Crippen LogP contribution in [0.5, 0.6) is 0 Å².